The van der Waals surface area contributed by atoms with Crippen molar-refractivity contribution in [1.82, 2.24) is 0 Å². The largest absolute Gasteiger partial charge is 0.462 e. The molecule has 0 unspecified atom stereocenters. The van der Waals surface area contributed by atoms with Crippen LogP contribution in [0.4, 0.5) is 0 Å². The fraction of sp³-hybridized carbons (Fsp3) is 0.286. The van der Waals surface area contributed by atoms with Crippen molar-refractivity contribution in [3.05, 3.63) is 16.0 Å². The van der Waals surface area contributed by atoms with Gasteiger partial charge in [0.2, 0.25) is 0 Å². The van der Waals surface area contributed by atoms with E-state index in [0.717, 1.165) is 17.4 Å². The van der Waals surface area contributed by atoms with Crippen LogP contribution in [0, 0.1) is 0 Å². The summed E-state index contributed by atoms with van der Waals surface area (Å²) in [7, 11) is 1.24. The Morgan fingerprint density at radius 3 is 2.60 bits per heavy atom. The molecule has 0 radical (unpaired) electrons. The number of rotatable bonds is 3. The fourth-order valence-corrected chi connectivity index (χ4v) is 3.26. The smallest absolute Gasteiger partial charge is 0.340 e. The number of hydrogen-bond acceptors (Lipinski definition) is 5. The van der Waals surface area contributed by atoms with Crippen molar-refractivity contribution < 1.29 is 17.9 Å². The van der Waals surface area contributed by atoms with Gasteiger partial charge in [0.25, 0.3) is 9.05 Å². The Morgan fingerprint density at radius 2 is 2.20 bits per heavy atom. The number of halogens is 2. The molecule has 0 N–H and O–H groups in total. The highest BCUT2D eigenvalue weighted by molar-refractivity contribution is 8.15. The summed E-state index contributed by atoms with van der Waals surface area (Å²) >= 11 is 6.40. The molecule has 1 aromatic rings. The van der Waals surface area contributed by atoms with Gasteiger partial charge >= 0.3 is 5.97 Å². The van der Waals surface area contributed by atoms with Crippen molar-refractivity contribution in [2.24, 2.45) is 0 Å². The van der Waals surface area contributed by atoms with Gasteiger partial charge in [0, 0.05) is 10.7 Å². The molecule has 1 aromatic heterocycles. The molecule has 1 heterocycles. The first-order valence-corrected chi connectivity index (χ1v) is 7.27. The molecule has 84 valence electrons. The molecule has 0 amide bonds. The zero-order chi connectivity index (χ0) is 11.6. The van der Waals surface area contributed by atoms with Crippen molar-refractivity contribution >= 4 is 48.6 Å². The highest BCUT2D eigenvalue weighted by Crippen LogP contribution is 2.33. The molecule has 4 nitrogen and oxygen atoms in total. The maximum absolute atomic E-state index is 11.3. The van der Waals surface area contributed by atoms with Gasteiger partial charge in [-0.15, -0.1) is 11.3 Å². The third kappa shape index (κ3) is 3.07. The third-order valence-electron chi connectivity index (χ3n) is 1.40. The molecule has 0 aliphatic rings. The number of carbonyl (C=O) groups excluding carboxylic acids is 1. The molecule has 1 rings (SSSR count). The summed E-state index contributed by atoms with van der Waals surface area (Å²) in [5.41, 5.74) is 0.0164. The van der Waals surface area contributed by atoms with Crippen LogP contribution in [0.15, 0.2) is 10.3 Å². The Kier molecular flexibility index (Phi) is 3.99. The van der Waals surface area contributed by atoms with Crippen LogP contribution in [-0.4, -0.2) is 21.0 Å². The van der Waals surface area contributed by atoms with Crippen LogP contribution in [0.3, 0.4) is 0 Å². The topological polar surface area (TPSA) is 60.4 Å². The van der Waals surface area contributed by atoms with Gasteiger partial charge in [-0.1, -0.05) is 11.6 Å². The molecule has 0 atom stereocenters. The minimum Gasteiger partial charge on any atom is -0.462 e. The third-order valence-corrected chi connectivity index (χ3v) is 4.83. The second-order valence-electron chi connectivity index (χ2n) is 2.41. The average molecular weight is 289 g/mol. The number of thiophene rings is 1. The van der Waals surface area contributed by atoms with E-state index in [1.807, 2.05) is 0 Å². The molecule has 0 fully saturated rings. The van der Waals surface area contributed by atoms with E-state index in [4.69, 9.17) is 22.3 Å². The Labute approximate surface area is 100 Å². The van der Waals surface area contributed by atoms with Gasteiger partial charge in [0.05, 0.1) is 12.2 Å². The number of hydrogen-bond donors (Lipinski definition) is 0. The lowest BCUT2D eigenvalue weighted by Gasteiger charge is -1.97. The summed E-state index contributed by atoms with van der Waals surface area (Å²) in [6, 6.07) is 1.10. The van der Waals surface area contributed by atoms with Gasteiger partial charge in [0.1, 0.15) is 8.55 Å². The molecule has 0 spiro atoms. The first-order valence-electron chi connectivity index (χ1n) is 3.77. The Morgan fingerprint density at radius 1 is 1.60 bits per heavy atom. The maximum atomic E-state index is 11.3. The molecule has 0 aliphatic carbocycles. The van der Waals surface area contributed by atoms with Crippen LogP contribution in [0.1, 0.15) is 17.3 Å². The Bertz CT molecular complexity index is 477. The van der Waals surface area contributed by atoms with Crippen LogP contribution in [0.2, 0.25) is 4.34 Å². The van der Waals surface area contributed by atoms with Gasteiger partial charge < -0.3 is 4.74 Å². The standard InChI is InChI=1S/C7H6Cl2O4S2/c1-2-13-7(10)4-3-5(14-6(4)8)15(9,11)12/h3H,2H2,1H3. The van der Waals surface area contributed by atoms with Crippen LogP contribution in [-0.2, 0) is 13.8 Å². The lowest BCUT2D eigenvalue weighted by molar-refractivity contribution is 0.0527. The van der Waals surface area contributed by atoms with Crippen molar-refractivity contribution in [1.29, 1.82) is 0 Å². The summed E-state index contributed by atoms with van der Waals surface area (Å²) in [4.78, 5) is 11.3. The monoisotopic (exact) mass is 288 g/mol. The molecular formula is C7H6Cl2O4S2. The molecule has 0 bridgehead atoms. The zero-order valence-corrected chi connectivity index (χ0v) is 10.6. The number of esters is 1. The van der Waals surface area contributed by atoms with Gasteiger partial charge in [-0.3, -0.25) is 0 Å². The second kappa shape index (κ2) is 4.69. The fourth-order valence-electron chi connectivity index (χ4n) is 0.816. The van der Waals surface area contributed by atoms with E-state index in [-0.39, 0.29) is 20.7 Å². The Hall–Kier alpha value is -0.300. The first kappa shape index (κ1) is 12.8. The van der Waals surface area contributed by atoms with Crippen molar-refractivity contribution in [3.63, 3.8) is 0 Å². The minimum atomic E-state index is -3.85. The van der Waals surface area contributed by atoms with E-state index < -0.39 is 15.0 Å². The summed E-state index contributed by atoms with van der Waals surface area (Å²) in [6.07, 6.45) is 0. The highest BCUT2D eigenvalue weighted by atomic mass is 35.7. The van der Waals surface area contributed by atoms with Crippen LogP contribution < -0.4 is 0 Å². The van der Waals surface area contributed by atoms with Gasteiger partial charge in [-0.25, -0.2) is 13.2 Å². The predicted octanol–water partition coefficient (Wildman–Crippen LogP) is 2.51. The zero-order valence-electron chi connectivity index (χ0n) is 7.49. The molecule has 0 saturated heterocycles. The summed E-state index contributed by atoms with van der Waals surface area (Å²) in [6.45, 7) is 1.82. The molecule has 0 aliphatic heterocycles. The number of carbonyl (C=O) groups is 1. The summed E-state index contributed by atoms with van der Waals surface area (Å²) in [5, 5.41) is 0. The molecule has 0 aromatic carbocycles. The van der Waals surface area contributed by atoms with Crippen LogP contribution in [0.5, 0.6) is 0 Å². The molecule has 8 heteroatoms. The first-order chi connectivity index (χ1) is 6.86. The molecule has 0 saturated carbocycles. The van der Waals surface area contributed by atoms with Gasteiger partial charge in [0.15, 0.2) is 0 Å². The maximum Gasteiger partial charge on any atom is 0.340 e. The SMILES string of the molecule is CCOC(=O)c1cc(S(=O)(=O)Cl)sc1Cl. The summed E-state index contributed by atoms with van der Waals surface area (Å²) in [5.74, 6) is -0.662. The number of ether oxygens (including phenoxy) is 1. The van der Waals surface area contributed by atoms with Crippen molar-refractivity contribution in [3.8, 4) is 0 Å². The average Bonchev–Trinajstić information content (AvgIpc) is 2.47. The summed E-state index contributed by atoms with van der Waals surface area (Å²) < 4.78 is 26.4. The molecular weight excluding hydrogens is 283 g/mol. The van der Waals surface area contributed by atoms with Crippen LogP contribution >= 0.6 is 33.6 Å². The van der Waals surface area contributed by atoms with E-state index >= 15 is 0 Å². The predicted molar refractivity (Wildman–Crippen MR) is 58.3 cm³/mol. The van der Waals surface area contributed by atoms with Crippen molar-refractivity contribution in [2.45, 2.75) is 11.1 Å². The Balaban J connectivity index is 3.13. The van der Waals surface area contributed by atoms with E-state index in [1.165, 1.54) is 0 Å². The van der Waals surface area contributed by atoms with Crippen LogP contribution in [0.25, 0.3) is 0 Å². The quantitative estimate of drug-likeness (QED) is 0.633. The van der Waals surface area contributed by atoms with Crippen molar-refractivity contribution in [2.75, 3.05) is 6.61 Å². The lowest BCUT2D eigenvalue weighted by atomic mass is 10.3. The minimum absolute atomic E-state index is 0.0164. The second-order valence-corrected chi connectivity index (χ2v) is 6.86. The lowest BCUT2D eigenvalue weighted by Crippen LogP contribution is -2.03. The van der Waals surface area contributed by atoms with Gasteiger partial charge in [-0.05, 0) is 13.0 Å². The van der Waals surface area contributed by atoms with E-state index in [9.17, 15) is 13.2 Å². The van der Waals surface area contributed by atoms with E-state index in [0.29, 0.717) is 0 Å². The molecule has 15 heavy (non-hydrogen) atoms. The van der Waals surface area contributed by atoms with E-state index in [1.54, 1.807) is 6.92 Å². The normalized spacial score (nSPS) is 11.4. The highest BCUT2D eigenvalue weighted by Gasteiger charge is 2.21. The van der Waals surface area contributed by atoms with Gasteiger partial charge in [-0.2, -0.15) is 0 Å². The van der Waals surface area contributed by atoms with E-state index in [2.05, 4.69) is 4.74 Å².